The van der Waals surface area contributed by atoms with Crippen LogP contribution in [0.4, 0.5) is 13.2 Å². The number of nitrogens with one attached hydrogen (secondary N) is 1. The molecule has 5 aromatic rings. The molecule has 1 N–H and O–H groups in total. The van der Waals surface area contributed by atoms with Crippen molar-refractivity contribution in [2.75, 3.05) is 6.54 Å². The summed E-state index contributed by atoms with van der Waals surface area (Å²) in [6.07, 6.45) is 4.86. The molecule has 8 nitrogen and oxygen atoms in total. The normalized spacial score (nSPS) is 18.2. The van der Waals surface area contributed by atoms with Crippen molar-refractivity contribution in [3.8, 4) is 0 Å². The number of pyridine rings is 2. The highest BCUT2D eigenvalue weighted by atomic mass is 19.4. The van der Waals surface area contributed by atoms with Crippen LogP contribution in [0.15, 0.2) is 55.2 Å². The van der Waals surface area contributed by atoms with Crippen LogP contribution in [-0.4, -0.2) is 46.5 Å². The molecule has 1 amide bonds. The lowest BCUT2D eigenvalue weighted by atomic mass is 9.98. The third-order valence-electron chi connectivity index (χ3n) is 7.11. The second kappa shape index (κ2) is 7.42. The molecule has 0 aromatic carbocycles. The van der Waals surface area contributed by atoms with Gasteiger partial charge in [-0.15, -0.1) is 0 Å². The molecule has 0 radical (unpaired) electrons. The summed E-state index contributed by atoms with van der Waals surface area (Å²) in [6.45, 7) is 0.357. The first-order valence-corrected chi connectivity index (χ1v) is 11.7. The largest absolute Gasteiger partial charge is 0.418 e. The fourth-order valence-corrected chi connectivity index (χ4v) is 5.18. The molecule has 6 heterocycles. The maximum absolute atomic E-state index is 13.9. The molecule has 5 aromatic heterocycles. The maximum atomic E-state index is 13.9. The maximum Gasteiger partial charge on any atom is 0.418 e. The van der Waals surface area contributed by atoms with Gasteiger partial charge in [0.2, 0.25) is 0 Å². The Morgan fingerprint density at radius 3 is 2.78 bits per heavy atom. The highest BCUT2D eigenvalue weighted by Crippen LogP contribution is 2.40. The number of imidazole rings is 1. The van der Waals surface area contributed by atoms with E-state index in [1.165, 1.54) is 34.7 Å². The molecule has 1 unspecified atom stereocenters. The molecule has 11 heteroatoms. The van der Waals surface area contributed by atoms with Crippen LogP contribution in [0.3, 0.4) is 0 Å². The highest BCUT2D eigenvalue weighted by Gasteiger charge is 2.39. The summed E-state index contributed by atoms with van der Waals surface area (Å²) in [5.74, 6) is 0.287. The van der Waals surface area contributed by atoms with Gasteiger partial charge in [-0.05, 0) is 48.6 Å². The molecule has 1 saturated carbocycles. The van der Waals surface area contributed by atoms with Crippen molar-refractivity contribution in [1.29, 1.82) is 0 Å². The average Bonchev–Trinajstić information content (AvgIpc) is 3.26. The zero-order valence-electron chi connectivity index (χ0n) is 18.9. The molecule has 182 valence electrons. The van der Waals surface area contributed by atoms with E-state index in [2.05, 4.69) is 20.2 Å². The average molecular weight is 491 g/mol. The second-order valence-electron chi connectivity index (χ2n) is 9.36. The van der Waals surface area contributed by atoms with Gasteiger partial charge in [0.25, 0.3) is 5.91 Å². The summed E-state index contributed by atoms with van der Waals surface area (Å²) < 4.78 is 43.9. The molecule has 0 spiro atoms. The summed E-state index contributed by atoms with van der Waals surface area (Å²) in [7, 11) is 0. The number of carbonyl (C=O) groups excluding carboxylic acids is 1. The predicted molar refractivity (Wildman–Crippen MR) is 123 cm³/mol. The number of amides is 1. The van der Waals surface area contributed by atoms with E-state index >= 15 is 0 Å². The van der Waals surface area contributed by atoms with Crippen molar-refractivity contribution >= 4 is 16.9 Å². The van der Waals surface area contributed by atoms with E-state index in [4.69, 9.17) is 0 Å². The standard InChI is InChI=1S/C25H20F3N7O/c26-25(27,28)17-2-1-8-34-21(17)10-19(32-34)23-22-18(29-13-30-22)7-9-33(23)24(36)16-11-31-35-12-15(14-3-4-14)5-6-20(16)35/h1-2,5-6,8,10-14,23H,3-4,7,9H2,(H,29,30). The van der Waals surface area contributed by atoms with Crippen LogP contribution < -0.4 is 0 Å². The Morgan fingerprint density at radius 1 is 1.11 bits per heavy atom. The van der Waals surface area contributed by atoms with Crippen molar-refractivity contribution < 1.29 is 18.0 Å². The summed E-state index contributed by atoms with van der Waals surface area (Å²) >= 11 is 0. The van der Waals surface area contributed by atoms with Gasteiger partial charge in [0.05, 0.1) is 46.1 Å². The van der Waals surface area contributed by atoms with Crippen LogP contribution in [0.5, 0.6) is 0 Å². The molecule has 1 fully saturated rings. The van der Waals surface area contributed by atoms with Gasteiger partial charge in [-0.2, -0.15) is 23.4 Å². The molecule has 36 heavy (non-hydrogen) atoms. The minimum atomic E-state index is -4.53. The number of carbonyl (C=O) groups is 1. The number of nitrogens with zero attached hydrogens (tertiary/aromatic N) is 6. The minimum Gasteiger partial charge on any atom is -0.348 e. The lowest BCUT2D eigenvalue weighted by Crippen LogP contribution is -2.41. The van der Waals surface area contributed by atoms with Crippen LogP contribution >= 0.6 is 0 Å². The van der Waals surface area contributed by atoms with Crippen LogP contribution in [0, 0.1) is 0 Å². The Labute approximate surface area is 202 Å². The number of aromatic nitrogens is 6. The number of hydrogen-bond donors (Lipinski definition) is 1. The number of aromatic amines is 1. The Balaban J connectivity index is 1.33. The van der Waals surface area contributed by atoms with E-state index in [-0.39, 0.29) is 11.4 Å². The second-order valence-corrected chi connectivity index (χ2v) is 9.36. The first-order valence-electron chi connectivity index (χ1n) is 11.7. The van der Waals surface area contributed by atoms with E-state index in [1.807, 2.05) is 18.3 Å². The summed E-state index contributed by atoms with van der Waals surface area (Å²) in [6, 6.07) is 6.94. The Bertz CT molecular complexity index is 1640. The fraction of sp³-hybridized carbons (Fsp3) is 0.280. The van der Waals surface area contributed by atoms with Crippen molar-refractivity contribution in [1.82, 2.24) is 34.1 Å². The van der Waals surface area contributed by atoms with Crippen LogP contribution in [-0.2, 0) is 12.6 Å². The zero-order chi connectivity index (χ0) is 24.6. The van der Waals surface area contributed by atoms with Gasteiger partial charge in [0, 0.05) is 31.1 Å². The Kier molecular flexibility index (Phi) is 4.36. The molecule has 0 saturated heterocycles. The Morgan fingerprint density at radius 2 is 1.97 bits per heavy atom. The Hall–Kier alpha value is -4.15. The number of H-pyrrole nitrogens is 1. The number of alkyl halides is 3. The third-order valence-corrected chi connectivity index (χ3v) is 7.11. The zero-order valence-corrected chi connectivity index (χ0v) is 18.9. The lowest BCUT2D eigenvalue weighted by molar-refractivity contribution is -0.136. The van der Waals surface area contributed by atoms with Gasteiger partial charge in [-0.3, -0.25) is 4.79 Å². The van der Waals surface area contributed by atoms with Gasteiger partial charge in [0.1, 0.15) is 6.04 Å². The topological polar surface area (TPSA) is 83.6 Å². The van der Waals surface area contributed by atoms with E-state index < -0.39 is 17.8 Å². The first kappa shape index (κ1) is 21.2. The van der Waals surface area contributed by atoms with Crippen LogP contribution in [0.1, 0.15) is 63.4 Å². The molecule has 0 bridgehead atoms. The van der Waals surface area contributed by atoms with E-state index in [1.54, 1.807) is 15.6 Å². The van der Waals surface area contributed by atoms with Crippen LogP contribution in [0.25, 0.3) is 11.0 Å². The van der Waals surface area contributed by atoms with E-state index in [0.29, 0.717) is 41.4 Å². The summed E-state index contributed by atoms with van der Waals surface area (Å²) in [5, 5.41) is 8.86. The van der Waals surface area contributed by atoms with Gasteiger partial charge in [-0.25, -0.2) is 14.0 Å². The molecular weight excluding hydrogens is 471 g/mol. The summed E-state index contributed by atoms with van der Waals surface area (Å²) in [4.78, 5) is 23.0. The number of fused-ring (bicyclic) bond motifs is 3. The molecule has 7 rings (SSSR count). The smallest absolute Gasteiger partial charge is 0.348 e. The molecular formula is C25H20F3N7O. The highest BCUT2D eigenvalue weighted by molar-refractivity contribution is 6.01. The number of rotatable bonds is 3. The monoisotopic (exact) mass is 491 g/mol. The lowest BCUT2D eigenvalue weighted by Gasteiger charge is -2.33. The van der Waals surface area contributed by atoms with Crippen LogP contribution in [0.2, 0.25) is 0 Å². The number of halogens is 3. The SMILES string of the molecule is O=C(c1cnn2cc(C3CC3)ccc12)N1CCc2[nH]cnc2C1c1cc2c(C(F)(F)F)cccn2n1. The van der Waals surface area contributed by atoms with E-state index in [0.717, 1.165) is 24.6 Å². The summed E-state index contributed by atoms with van der Waals surface area (Å²) in [5.41, 5.74) is 3.20. The minimum absolute atomic E-state index is 0.0707. The van der Waals surface area contributed by atoms with Crippen molar-refractivity contribution in [3.05, 3.63) is 89.0 Å². The first-order chi connectivity index (χ1) is 17.4. The molecule has 1 aliphatic carbocycles. The van der Waals surface area contributed by atoms with Gasteiger partial charge < -0.3 is 9.88 Å². The fourth-order valence-electron chi connectivity index (χ4n) is 5.18. The third kappa shape index (κ3) is 3.22. The molecule has 2 aliphatic rings. The number of hydrogen-bond acceptors (Lipinski definition) is 4. The van der Waals surface area contributed by atoms with Crippen molar-refractivity contribution in [3.63, 3.8) is 0 Å². The van der Waals surface area contributed by atoms with Gasteiger partial charge in [0.15, 0.2) is 0 Å². The van der Waals surface area contributed by atoms with Gasteiger partial charge in [-0.1, -0.05) is 6.07 Å². The predicted octanol–water partition coefficient (Wildman–Crippen LogP) is 4.39. The van der Waals surface area contributed by atoms with Crippen molar-refractivity contribution in [2.45, 2.75) is 37.4 Å². The quantitative estimate of drug-likeness (QED) is 0.406. The molecule has 1 atom stereocenters. The van der Waals surface area contributed by atoms with Gasteiger partial charge >= 0.3 is 6.18 Å². The van der Waals surface area contributed by atoms with E-state index in [9.17, 15) is 18.0 Å². The van der Waals surface area contributed by atoms with Crippen molar-refractivity contribution in [2.24, 2.45) is 0 Å². The molecule has 1 aliphatic heterocycles.